The molecule has 27 heavy (non-hydrogen) atoms. The van der Waals surface area contributed by atoms with Crippen LogP contribution in [0.2, 0.25) is 5.02 Å². The second-order valence-corrected chi connectivity index (χ2v) is 6.47. The molecule has 0 saturated heterocycles. The zero-order chi connectivity index (χ0) is 18.8. The highest BCUT2D eigenvalue weighted by Gasteiger charge is 2.13. The summed E-state index contributed by atoms with van der Waals surface area (Å²) in [7, 11) is 0. The molecular weight excluding hydrogens is 358 g/mol. The number of hydrogen-bond acceptors (Lipinski definition) is 3. The molecule has 0 amide bonds. The van der Waals surface area contributed by atoms with Crippen molar-refractivity contribution in [2.24, 2.45) is 5.73 Å². The Kier molecular flexibility index (Phi) is 4.45. The van der Waals surface area contributed by atoms with Crippen LogP contribution in [-0.4, -0.2) is 9.55 Å². The van der Waals surface area contributed by atoms with Gasteiger partial charge in [-0.25, -0.2) is 4.98 Å². The Labute approximate surface area is 162 Å². The lowest BCUT2D eigenvalue weighted by Gasteiger charge is -2.08. The number of hydrogen-bond donors (Lipinski definition) is 1. The number of furan rings is 1. The molecular formula is C22H16ClN3O. The Bertz CT molecular complexity index is 1160. The van der Waals surface area contributed by atoms with Gasteiger partial charge in [0.1, 0.15) is 5.76 Å². The molecule has 4 aromatic rings. The first-order valence-corrected chi connectivity index (χ1v) is 8.75. The Hall–Kier alpha value is -3.42. The molecule has 0 saturated carbocycles. The van der Waals surface area contributed by atoms with Gasteiger partial charge in [-0.3, -0.25) is 4.57 Å². The second-order valence-electron chi connectivity index (χ2n) is 6.06. The third-order valence-electron chi connectivity index (χ3n) is 4.29. The van der Waals surface area contributed by atoms with Crippen molar-refractivity contribution >= 4 is 11.6 Å². The van der Waals surface area contributed by atoms with Crippen LogP contribution in [0.5, 0.6) is 0 Å². The number of halogens is 1. The lowest BCUT2D eigenvalue weighted by atomic mass is 10.1. The van der Waals surface area contributed by atoms with Crippen LogP contribution in [0.25, 0.3) is 28.6 Å². The average Bonchev–Trinajstić information content (AvgIpc) is 3.34. The maximum absolute atomic E-state index is 6.27. The van der Waals surface area contributed by atoms with E-state index < -0.39 is 0 Å². The van der Waals surface area contributed by atoms with Crippen molar-refractivity contribution in [2.75, 3.05) is 0 Å². The summed E-state index contributed by atoms with van der Waals surface area (Å²) in [4.78, 5) is 4.45. The van der Waals surface area contributed by atoms with Crippen LogP contribution < -0.4 is 5.73 Å². The number of aryl methyl sites for hydroxylation is 1. The molecule has 4 rings (SSSR count). The fraction of sp³-hybridized carbons (Fsp3) is 0.0455. The maximum atomic E-state index is 6.27. The second kappa shape index (κ2) is 7.06. The van der Waals surface area contributed by atoms with Crippen LogP contribution in [0.1, 0.15) is 11.1 Å². The minimum Gasteiger partial charge on any atom is -0.453 e. The van der Waals surface area contributed by atoms with Gasteiger partial charge in [0.2, 0.25) is 0 Å². The molecule has 2 aromatic carbocycles. The fourth-order valence-corrected chi connectivity index (χ4v) is 3.01. The summed E-state index contributed by atoms with van der Waals surface area (Å²) < 4.78 is 8.01. The van der Waals surface area contributed by atoms with Gasteiger partial charge in [0, 0.05) is 40.3 Å². The number of nitrogens with zero attached hydrogens (tertiary/aromatic N) is 2. The highest BCUT2D eigenvalue weighted by Crippen LogP contribution is 2.30. The standard InChI is InChI=1S/C22H16ClN3O/c1-15-2-7-18(14-19(15)23)26-13-12-25-22(26)21-9-8-20(27-21)17-5-3-16(4-6-17)10-11-24/h2-9,12-14H,24H2,1H3. The Morgan fingerprint density at radius 2 is 1.81 bits per heavy atom. The molecule has 0 bridgehead atoms. The molecule has 2 N–H and O–H groups in total. The van der Waals surface area contributed by atoms with E-state index in [0.717, 1.165) is 28.1 Å². The van der Waals surface area contributed by atoms with Gasteiger partial charge in [-0.1, -0.05) is 17.7 Å². The maximum Gasteiger partial charge on any atom is 0.180 e. The van der Waals surface area contributed by atoms with E-state index >= 15 is 0 Å². The molecule has 0 aliphatic heterocycles. The zero-order valence-electron chi connectivity index (χ0n) is 14.6. The quantitative estimate of drug-likeness (QED) is 0.405. The van der Waals surface area contributed by atoms with Crippen LogP contribution in [0.4, 0.5) is 0 Å². The molecule has 2 aromatic heterocycles. The van der Waals surface area contributed by atoms with Crippen LogP contribution >= 0.6 is 11.6 Å². The van der Waals surface area contributed by atoms with Crippen molar-refractivity contribution in [3.8, 4) is 40.6 Å². The van der Waals surface area contributed by atoms with Crippen molar-refractivity contribution < 1.29 is 4.42 Å². The zero-order valence-corrected chi connectivity index (χ0v) is 15.4. The Morgan fingerprint density at radius 1 is 1.04 bits per heavy atom. The van der Waals surface area contributed by atoms with E-state index in [2.05, 4.69) is 16.9 Å². The van der Waals surface area contributed by atoms with Crippen molar-refractivity contribution in [1.82, 2.24) is 9.55 Å². The monoisotopic (exact) mass is 373 g/mol. The number of rotatable bonds is 3. The molecule has 0 unspecified atom stereocenters. The molecule has 0 aliphatic carbocycles. The molecule has 0 fully saturated rings. The third kappa shape index (κ3) is 3.33. The van der Waals surface area contributed by atoms with E-state index in [0.29, 0.717) is 16.6 Å². The van der Waals surface area contributed by atoms with E-state index in [1.54, 1.807) is 6.20 Å². The molecule has 5 heteroatoms. The summed E-state index contributed by atoms with van der Waals surface area (Å²) in [5.41, 5.74) is 9.03. The predicted molar refractivity (Wildman–Crippen MR) is 108 cm³/mol. The van der Waals surface area contributed by atoms with Gasteiger partial charge < -0.3 is 10.2 Å². The van der Waals surface area contributed by atoms with E-state index in [1.165, 1.54) is 0 Å². The van der Waals surface area contributed by atoms with Gasteiger partial charge in [0.15, 0.2) is 11.6 Å². The fourth-order valence-electron chi connectivity index (χ4n) is 2.84. The van der Waals surface area contributed by atoms with Gasteiger partial charge in [-0.2, -0.15) is 0 Å². The van der Waals surface area contributed by atoms with E-state index in [1.807, 2.05) is 72.3 Å². The van der Waals surface area contributed by atoms with Gasteiger partial charge in [0.05, 0.1) is 0 Å². The van der Waals surface area contributed by atoms with Crippen LogP contribution in [0.15, 0.2) is 71.4 Å². The van der Waals surface area contributed by atoms with E-state index in [4.69, 9.17) is 21.8 Å². The van der Waals surface area contributed by atoms with Gasteiger partial charge in [-0.05, 0) is 66.9 Å². The first-order valence-electron chi connectivity index (χ1n) is 8.38. The number of benzene rings is 2. The minimum absolute atomic E-state index is 0.678. The van der Waals surface area contributed by atoms with Crippen molar-refractivity contribution in [2.45, 2.75) is 6.92 Å². The summed E-state index contributed by atoms with van der Waals surface area (Å²) in [6.07, 6.45) is 3.63. The molecule has 0 radical (unpaired) electrons. The summed E-state index contributed by atoms with van der Waals surface area (Å²) in [5, 5.41) is 0.716. The van der Waals surface area contributed by atoms with E-state index in [9.17, 15) is 0 Å². The highest BCUT2D eigenvalue weighted by atomic mass is 35.5. The summed E-state index contributed by atoms with van der Waals surface area (Å²) in [5.74, 6) is 4.97. The molecule has 0 aliphatic rings. The number of aromatic nitrogens is 2. The number of nitrogens with two attached hydrogens (primary N) is 1. The van der Waals surface area contributed by atoms with Gasteiger partial charge in [-0.15, -0.1) is 0 Å². The molecule has 0 spiro atoms. The lowest BCUT2D eigenvalue weighted by molar-refractivity contribution is 0.590. The predicted octanol–water partition coefficient (Wildman–Crippen LogP) is 5.03. The molecule has 132 valence electrons. The largest absolute Gasteiger partial charge is 0.453 e. The smallest absolute Gasteiger partial charge is 0.180 e. The van der Waals surface area contributed by atoms with Crippen LogP contribution in [0, 0.1) is 18.9 Å². The normalized spacial score (nSPS) is 10.4. The first kappa shape index (κ1) is 17.0. The summed E-state index contributed by atoms with van der Waals surface area (Å²) >= 11 is 6.27. The first-order chi connectivity index (χ1) is 13.2. The van der Waals surface area contributed by atoms with E-state index in [-0.39, 0.29) is 0 Å². The SMILES string of the molecule is Cc1ccc(-n2ccnc2-c2ccc(-c3ccc(C#CN)cc3)o2)cc1Cl. The number of imidazole rings is 1. The van der Waals surface area contributed by atoms with Crippen molar-refractivity contribution in [1.29, 1.82) is 0 Å². The lowest BCUT2D eigenvalue weighted by Crippen LogP contribution is -1.96. The third-order valence-corrected chi connectivity index (χ3v) is 4.69. The van der Waals surface area contributed by atoms with Crippen molar-refractivity contribution in [3.05, 3.63) is 83.1 Å². The van der Waals surface area contributed by atoms with Gasteiger partial charge >= 0.3 is 0 Å². The summed E-state index contributed by atoms with van der Waals surface area (Å²) in [6.45, 7) is 1.98. The topological polar surface area (TPSA) is 57.0 Å². The molecule has 0 atom stereocenters. The van der Waals surface area contributed by atoms with Crippen LogP contribution in [0.3, 0.4) is 0 Å². The Balaban J connectivity index is 1.69. The molecule has 2 heterocycles. The Morgan fingerprint density at radius 3 is 2.56 bits per heavy atom. The van der Waals surface area contributed by atoms with Crippen LogP contribution in [-0.2, 0) is 0 Å². The average molecular weight is 374 g/mol. The van der Waals surface area contributed by atoms with Crippen molar-refractivity contribution in [3.63, 3.8) is 0 Å². The minimum atomic E-state index is 0.678. The van der Waals surface area contributed by atoms with Gasteiger partial charge in [0.25, 0.3) is 0 Å². The summed E-state index contributed by atoms with van der Waals surface area (Å²) in [6, 6.07) is 19.9. The molecule has 4 nitrogen and oxygen atoms in total. The highest BCUT2D eigenvalue weighted by molar-refractivity contribution is 6.31.